The number of nitrogens with zero attached hydrogens (tertiary/aromatic N) is 3. The number of nitro groups is 1. The van der Waals surface area contributed by atoms with E-state index in [0.29, 0.717) is 26.3 Å². The van der Waals surface area contributed by atoms with Crippen molar-refractivity contribution in [1.29, 1.82) is 0 Å². The third-order valence-electron chi connectivity index (χ3n) is 2.66. The number of hydrogen-bond acceptors (Lipinski definition) is 5. The maximum Gasteiger partial charge on any atom is 0.300 e. The third kappa shape index (κ3) is 4.14. The molecule has 0 saturated heterocycles. The molecule has 0 aliphatic carbocycles. The van der Waals surface area contributed by atoms with Crippen LogP contribution in [0.15, 0.2) is 12.3 Å². The van der Waals surface area contributed by atoms with E-state index in [4.69, 9.17) is 16.3 Å². The van der Waals surface area contributed by atoms with Crippen molar-refractivity contribution in [3.8, 4) is 0 Å². The van der Waals surface area contributed by atoms with Crippen LogP contribution in [0.1, 0.15) is 24.2 Å². The number of aromatic nitrogens is 1. The van der Waals surface area contributed by atoms with E-state index in [1.54, 1.807) is 6.92 Å². The molecule has 110 valence electrons. The second-order valence-electron chi connectivity index (χ2n) is 3.86. The van der Waals surface area contributed by atoms with Crippen LogP contribution in [-0.4, -0.2) is 47.0 Å². The second-order valence-corrected chi connectivity index (χ2v) is 4.25. The summed E-state index contributed by atoms with van der Waals surface area (Å²) in [5.74, 6) is -0.455. The zero-order valence-corrected chi connectivity index (χ0v) is 12.1. The van der Waals surface area contributed by atoms with Crippen molar-refractivity contribution in [3.63, 3.8) is 0 Å². The Kier molecular flexibility index (Phi) is 6.33. The molecule has 20 heavy (non-hydrogen) atoms. The molecule has 0 saturated carbocycles. The summed E-state index contributed by atoms with van der Waals surface area (Å²) >= 11 is 5.71. The molecule has 7 nitrogen and oxygen atoms in total. The van der Waals surface area contributed by atoms with Gasteiger partial charge in [-0.25, -0.2) is 4.98 Å². The fraction of sp³-hybridized carbons (Fsp3) is 0.500. The van der Waals surface area contributed by atoms with Gasteiger partial charge < -0.3 is 9.64 Å². The number of amides is 1. The Morgan fingerprint density at radius 2 is 2.25 bits per heavy atom. The van der Waals surface area contributed by atoms with Gasteiger partial charge in [0.2, 0.25) is 0 Å². The first-order valence-electron chi connectivity index (χ1n) is 6.18. The summed E-state index contributed by atoms with van der Waals surface area (Å²) in [6.45, 7) is 5.35. The molecule has 1 amide bonds. The second kappa shape index (κ2) is 7.76. The average molecular weight is 302 g/mol. The van der Waals surface area contributed by atoms with Crippen LogP contribution in [0.3, 0.4) is 0 Å². The molecule has 0 radical (unpaired) electrons. The van der Waals surface area contributed by atoms with Gasteiger partial charge in [0.05, 0.1) is 11.5 Å². The van der Waals surface area contributed by atoms with Gasteiger partial charge in [0.25, 0.3) is 11.6 Å². The summed E-state index contributed by atoms with van der Waals surface area (Å²) in [6, 6.07) is 1.21. The monoisotopic (exact) mass is 301 g/mol. The molecule has 1 aromatic heterocycles. The Morgan fingerprint density at radius 1 is 1.55 bits per heavy atom. The Balaban J connectivity index is 2.99. The number of halogens is 1. The molecule has 0 aromatic carbocycles. The summed E-state index contributed by atoms with van der Waals surface area (Å²) < 4.78 is 5.19. The number of hydrogen-bond donors (Lipinski definition) is 0. The Hall–Kier alpha value is -1.73. The van der Waals surface area contributed by atoms with Crippen molar-refractivity contribution in [2.24, 2.45) is 0 Å². The van der Waals surface area contributed by atoms with Gasteiger partial charge in [-0.3, -0.25) is 14.9 Å². The van der Waals surface area contributed by atoms with Crippen molar-refractivity contribution in [3.05, 3.63) is 33.1 Å². The van der Waals surface area contributed by atoms with E-state index in [1.165, 1.54) is 11.0 Å². The largest absolute Gasteiger partial charge is 0.380 e. The molecule has 1 heterocycles. The lowest BCUT2D eigenvalue weighted by Crippen LogP contribution is -2.34. The smallest absolute Gasteiger partial charge is 0.300 e. The van der Waals surface area contributed by atoms with E-state index >= 15 is 0 Å². The Labute approximate surface area is 121 Å². The van der Waals surface area contributed by atoms with Gasteiger partial charge >= 0.3 is 0 Å². The highest BCUT2D eigenvalue weighted by atomic mass is 35.5. The third-order valence-corrected chi connectivity index (χ3v) is 2.86. The molecular formula is C12H16ClN3O4. The van der Waals surface area contributed by atoms with Gasteiger partial charge in [-0.1, -0.05) is 11.6 Å². The normalized spacial score (nSPS) is 10.3. The molecule has 0 spiro atoms. The number of rotatable bonds is 7. The summed E-state index contributed by atoms with van der Waals surface area (Å²) in [7, 11) is 0. The molecule has 0 bridgehead atoms. The van der Waals surface area contributed by atoms with Gasteiger partial charge in [-0.15, -0.1) is 0 Å². The maximum absolute atomic E-state index is 12.3. The lowest BCUT2D eigenvalue weighted by Gasteiger charge is -2.20. The first-order valence-corrected chi connectivity index (χ1v) is 6.56. The number of carbonyl (C=O) groups excluding carboxylic acids is 1. The average Bonchev–Trinajstić information content (AvgIpc) is 2.42. The quantitative estimate of drug-likeness (QED) is 0.333. The van der Waals surface area contributed by atoms with Gasteiger partial charge in [-0.2, -0.15) is 0 Å². The van der Waals surface area contributed by atoms with Crippen LogP contribution in [0.5, 0.6) is 0 Å². The van der Waals surface area contributed by atoms with Crippen molar-refractivity contribution in [1.82, 2.24) is 9.88 Å². The van der Waals surface area contributed by atoms with Crippen molar-refractivity contribution in [2.45, 2.75) is 13.8 Å². The molecule has 0 aliphatic heterocycles. The molecule has 0 aliphatic rings. The summed E-state index contributed by atoms with van der Waals surface area (Å²) in [5, 5.41) is 11.0. The highest BCUT2D eigenvalue weighted by Crippen LogP contribution is 2.21. The molecular weight excluding hydrogens is 286 g/mol. The predicted molar refractivity (Wildman–Crippen MR) is 74.0 cm³/mol. The van der Waals surface area contributed by atoms with Crippen LogP contribution in [0.4, 0.5) is 5.69 Å². The SMILES string of the molecule is CCOCCN(CC)C(=O)c1cc(Cl)ncc1[N+](=O)[O-]. The minimum absolute atomic E-state index is 0.0415. The molecule has 0 unspecified atom stereocenters. The van der Waals surface area contributed by atoms with E-state index in [1.807, 2.05) is 6.92 Å². The van der Waals surface area contributed by atoms with E-state index in [9.17, 15) is 14.9 Å². The van der Waals surface area contributed by atoms with Gasteiger partial charge in [0.15, 0.2) is 0 Å². The van der Waals surface area contributed by atoms with Crippen LogP contribution in [-0.2, 0) is 4.74 Å². The van der Waals surface area contributed by atoms with Gasteiger partial charge in [0.1, 0.15) is 16.9 Å². The standard InChI is InChI=1S/C12H16ClN3O4/c1-3-15(5-6-20-4-2)12(17)9-7-11(13)14-8-10(9)16(18)19/h7-8H,3-6H2,1-2H3. The lowest BCUT2D eigenvalue weighted by atomic mass is 10.2. The summed E-state index contributed by atoms with van der Waals surface area (Å²) in [6.07, 6.45) is 0.992. The number of pyridine rings is 1. The number of carbonyl (C=O) groups is 1. The van der Waals surface area contributed by atoms with Crippen LogP contribution >= 0.6 is 11.6 Å². The fourth-order valence-corrected chi connectivity index (χ4v) is 1.79. The predicted octanol–water partition coefficient (Wildman–Crippen LogP) is 2.14. The van der Waals surface area contributed by atoms with Crippen LogP contribution in [0.25, 0.3) is 0 Å². The van der Waals surface area contributed by atoms with Gasteiger partial charge in [0, 0.05) is 19.7 Å². The Morgan fingerprint density at radius 3 is 2.80 bits per heavy atom. The first-order chi connectivity index (χ1) is 9.51. The molecule has 8 heteroatoms. The summed E-state index contributed by atoms with van der Waals surface area (Å²) in [4.78, 5) is 27.7. The lowest BCUT2D eigenvalue weighted by molar-refractivity contribution is -0.385. The molecule has 0 fully saturated rings. The fourth-order valence-electron chi connectivity index (χ4n) is 1.63. The van der Waals surface area contributed by atoms with Crippen LogP contribution in [0.2, 0.25) is 5.15 Å². The van der Waals surface area contributed by atoms with Crippen molar-refractivity contribution >= 4 is 23.2 Å². The van der Waals surface area contributed by atoms with E-state index in [-0.39, 0.29) is 16.4 Å². The van der Waals surface area contributed by atoms with Crippen molar-refractivity contribution in [2.75, 3.05) is 26.3 Å². The first kappa shape index (κ1) is 16.3. The zero-order valence-electron chi connectivity index (χ0n) is 11.3. The molecule has 0 atom stereocenters. The summed E-state index contributed by atoms with van der Waals surface area (Å²) in [5.41, 5.74) is -0.414. The number of ether oxygens (including phenoxy) is 1. The maximum atomic E-state index is 12.3. The minimum atomic E-state index is -0.646. The molecule has 1 aromatic rings. The van der Waals surface area contributed by atoms with E-state index in [2.05, 4.69) is 4.98 Å². The van der Waals surface area contributed by atoms with Crippen LogP contribution < -0.4 is 0 Å². The molecule has 0 N–H and O–H groups in total. The van der Waals surface area contributed by atoms with E-state index < -0.39 is 10.8 Å². The molecule has 1 rings (SSSR count). The van der Waals surface area contributed by atoms with Gasteiger partial charge in [-0.05, 0) is 19.9 Å². The Bertz CT molecular complexity index is 496. The van der Waals surface area contributed by atoms with Crippen molar-refractivity contribution < 1.29 is 14.5 Å². The zero-order chi connectivity index (χ0) is 15.1. The topological polar surface area (TPSA) is 85.6 Å². The van der Waals surface area contributed by atoms with E-state index in [0.717, 1.165) is 6.20 Å². The van der Waals surface area contributed by atoms with Crippen LogP contribution in [0, 0.1) is 10.1 Å². The highest BCUT2D eigenvalue weighted by Gasteiger charge is 2.24. The highest BCUT2D eigenvalue weighted by molar-refractivity contribution is 6.29. The minimum Gasteiger partial charge on any atom is -0.380 e. The number of likely N-dealkylation sites (N-methyl/N-ethyl adjacent to an activating group) is 1.